The number of benzene rings is 1. The van der Waals surface area contributed by atoms with Gasteiger partial charge in [0.2, 0.25) is 0 Å². The Morgan fingerprint density at radius 2 is 2.27 bits per heavy atom. The fraction of sp³-hybridized carbons (Fsp3) is 0.125. The SMILES string of the molecule is Clc1ccc2c(c1)C[N]C=N2. The Hall–Kier alpha value is -1.02. The highest BCUT2D eigenvalue weighted by molar-refractivity contribution is 6.30. The molecule has 0 saturated carbocycles. The molecular formula is C8H6ClN2. The van der Waals surface area contributed by atoms with Crippen LogP contribution in [0.2, 0.25) is 5.02 Å². The predicted molar refractivity (Wildman–Crippen MR) is 45.4 cm³/mol. The summed E-state index contributed by atoms with van der Waals surface area (Å²) in [5.74, 6) is 0. The summed E-state index contributed by atoms with van der Waals surface area (Å²) in [6.45, 7) is 0.694. The molecule has 11 heavy (non-hydrogen) atoms. The maximum atomic E-state index is 5.78. The van der Waals surface area contributed by atoms with E-state index in [-0.39, 0.29) is 0 Å². The average Bonchev–Trinajstić information content (AvgIpc) is 2.04. The molecule has 0 fully saturated rings. The van der Waals surface area contributed by atoms with Gasteiger partial charge in [0, 0.05) is 10.6 Å². The van der Waals surface area contributed by atoms with Crippen LogP contribution in [0.1, 0.15) is 5.56 Å². The summed E-state index contributed by atoms with van der Waals surface area (Å²) in [5, 5.41) is 4.76. The van der Waals surface area contributed by atoms with E-state index >= 15 is 0 Å². The van der Waals surface area contributed by atoms with Gasteiger partial charge < -0.3 is 0 Å². The summed E-state index contributed by atoms with van der Waals surface area (Å²) < 4.78 is 0. The quantitative estimate of drug-likeness (QED) is 0.563. The zero-order chi connectivity index (χ0) is 7.68. The first kappa shape index (κ1) is 6.68. The van der Waals surface area contributed by atoms with Gasteiger partial charge in [-0.25, -0.2) is 4.99 Å². The number of nitrogens with zero attached hydrogens (tertiary/aromatic N) is 2. The van der Waals surface area contributed by atoms with Gasteiger partial charge in [-0.2, -0.15) is 0 Å². The second kappa shape index (κ2) is 2.55. The molecule has 55 valence electrons. The zero-order valence-electron chi connectivity index (χ0n) is 5.79. The van der Waals surface area contributed by atoms with Crippen molar-refractivity contribution in [2.45, 2.75) is 6.54 Å². The Morgan fingerprint density at radius 3 is 3.18 bits per heavy atom. The Balaban J connectivity index is 2.53. The molecule has 1 aliphatic rings. The minimum absolute atomic E-state index is 0.694. The van der Waals surface area contributed by atoms with Crippen molar-refractivity contribution in [3.8, 4) is 0 Å². The van der Waals surface area contributed by atoms with Crippen molar-refractivity contribution < 1.29 is 0 Å². The average molecular weight is 166 g/mol. The number of fused-ring (bicyclic) bond motifs is 1. The lowest BCUT2D eigenvalue weighted by Crippen LogP contribution is -2.06. The zero-order valence-corrected chi connectivity index (χ0v) is 6.54. The molecule has 1 aromatic carbocycles. The largest absolute Gasteiger partial charge is 0.269 e. The van der Waals surface area contributed by atoms with Crippen LogP contribution in [-0.2, 0) is 6.54 Å². The van der Waals surface area contributed by atoms with Gasteiger partial charge in [0.15, 0.2) is 0 Å². The van der Waals surface area contributed by atoms with Gasteiger partial charge in [0.1, 0.15) is 6.34 Å². The molecule has 0 unspecified atom stereocenters. The summed E-state index contributed by atoms with van der Waals surface area (Å²) in [5.41, 5.74) is 2.07. The van der Waals surface area contributed by atoms with Crippen LogP contribution in [0.15, 0.2) is 23.2 Å². The molecule has 0 aromatic heterocycles. The molecule has 2 nitrogen and oxygen atoms in total. The van der Waals surface area contributed by atoms with Gasteiger partial charge in [0.25, 0.3) is 0 Å². The predicted octanol–water partition coefficient (Wildman–Crippen LogP) is 2.12. The van der Waals surface area contributed by atoms with Crippen LogP contribution in [0.5, 0.6) is 0 Å². The van der Waals surface area contributed by atoms with E-state index < -0.39 is 0 Å². The first-order chi connectivity index (χ1) is 5.36. The monoisotopic (exact) mass is 165 g/mol. The Labute approximate surface area is 69.9 Å². The fourth-order valence-electron chi connectivity index (χ4n) is 1.05. The second-order valence-corrected chi connectivity index (χ2v) is 2.79. The van der Waals surface area contributed by atoms with Crippen LogP contribution in [0.4, 0.5) is 5.69 Å². The van der Waals surface area contributed by atoms with Crippen molar-refractivity contribution in [2.24, 2.45) is 4.99 Å². The molecule has 2 rings (SSSR count). The van der Waals surface area contributed by atoms with E-state index in [0.29, 0.717) is 6.54 Å². The molecular weight excluding hydrogens is 160 g/mol. The van der Waals surface area contributed by atoms with E-state index in [1.807, 2.05) is 18.2 Å². The third kappa shape index (κ3) is 1.21. The first-order valence-corrected chi connectivity index (χ1v) is 3.71. The molecule has 1 aromatic rings. The Kier molecular flexibility index (Phi) is 1.55. The normalized spacial score (nSPS) is 13.9. The Bertz CT molecular complexity index is 307. The smallest absolute Gasteiger partial charge is 0.110 e. The standard InChI is InChI=1S/C8H6ClN2/c9-7-1-2-8-6(3-7)4-10-5-11-8/h1-3,5H,4H2. The lowest BCUT2D eigenvalue weighted by Gasteiger charge is -2.08. The summed E-state index contributed by atoms with van der Waals surface area (Å²) >= 11 is 5.78. The fourth-order valence-corrected chi connectivity index (χ4v) is 1.24. The summed E-state index contributed by atoms with van der Waals surface area (Å²) in [4.78, 5) is 4.08. The molecule has 0 bridgehead atoms. The first-order valence-electron chi connectivity index (χ1n) is 3.34. The van der Waals surface area contributed by atoms with Crippen molar-refractivity contribution in [2.75, 3.05) is 0 Å². The third-order valence-corrected chi connectivity index (χ3v) is 1.82. The van der Waals surface area contributed by atoms with Gasteiger partial charge in [-0.1, -0.05) is 11.6 Å². The number of hydrogen-bond donors (Lipinski definition) is 0. The summed E-state index contributed by atoms with van der Waals surface area (Å²) in [7, 11) is 0. The van der Waals surface area contributed by atoms with E-state index in [4.69, 9.17) is 11.6 Å². The van der Waals surface area contributed by atoms with E-state index in [2.05, 4.69) is 10.3 Å². The van der Waals surface area contributed by atoms with Gasteiger partial charge in [0.05, 0.1) is 12.2 Å². The lowest BCUT2D eigenvalue weighted by atomic mass is 10.1. The van der Waals surface area contributed by atoms with Gasteiger partial charge in [-0.3, -0.25) is 5.32 Å². The topological polar surface area (TPSA) is 26.5 Å². The second-order valence-electron chi connectivity index (χ2n) is 2.36. The van der Waals surface area contributed by atoms with Gasteiger partial charge >= 0.3 is 0 Å². The lowest BCUT2D eigenvalue weighted by molar-refractivity contribution is 0.897. The van der Waals surface area contributed by atoms with Crippen LogP contribution < -0.4 is 5.32 Å². The highest BCUT2D eigenvalue weighted by Gasteiger charge is 2.04. The number of hydrogen-bond acceptors (Lipinski definition) is 1. The van der Waals surface area contributed by atoms with Crippen LogP contribution >= 0.6 is 11.6 Å². The molecule has 1 aliphatic heterocycles. The molecule has 0 aliphatic carbocycles. The molecule has 0 saturated heterocycles. The van der Waals surface area contributed by atoms with Crippen LogP contribution in [0.3, 0.4) is 0 Å². The van der Waals surface area contributed by atoms with Crippen LogP contribution in [-0.4, -0.2) is 6.34 Å². The van der Waals surface area contributed by atoms with Crippen molar-refractivity contribution in [1.82, 2.24) is 5.32 Å². The molecule has 3 heteroatoms. The highest BCUT2D eigenvalue weighted by atomic mass is 35.5. The molecule has 0 atom stereocenters. The van der Waals surface area contributed by atoms with Crippen LogP contribution in [0, 0.1) is 0 Å². The van der Waals surface area contributed by atoms with Crippen molar-refractivity contribution in [1.29, 1.82) is 0 Å². The molecule has 0 N–H and O–H groups in total. The van der Waals surface area contributed by atoms with E-state index in [0.717, 1.165) is 16.3 Å². The van der Waals surface area contributed by atoms with E-state index in [1.165, 1.54) is 0 Å². The summed E-state index contributed by atoms with van der Waals surface area (Å²) in [6.07, 6.45) is 1.58. The number of halogens is 1. The van der Waals surface area contributed by atoms with Crippen molar-refractivity contribution in [3.63, 3.8) is 0 Å². The molecule has 1 heterocycles. The maximum absolute atomic E-state index is 5.78. The van der Waals surface area contributed by atoms with Crippen molar-refractivity contribution >= 4 is 23.6 Å². The van der Waals surface area contributed by atoms with Gasteiger partial charge in [-0.15, -0.1) is 0 Å². The third-order valence-electron chi connectivity index (χ3n) is 1.58. The molecule has 0 amide bonds. The van der Waals surface area contributed by atoms with E-state index in [1.54, 1.807) is 6.34 Å². The van der Waals surface area contributed by atoms with Crippen LogP contribution in [0.25, 0.3) is 0 Å². The number of aliphatic imine (C=N–C) groups is 1. The van der Waals surface area contributed by atoms with Crippen molar-refractivity contribution in [3.05, 3.63) is 28.8 Å². The maximum Gasteiger partial charge on any atom is 0.110 e. The van der Waals surface area contributed by atoms with E-state index in [9.17, 15) is 0 Å². The van der Waals surface area contributed by atoms with Gasteiger partial charge in [-0.05, 0) is 18.2 Å². The number of rotatable bonds is 0. The Morgan fingerprint density at radius 1 is 1.36 bits per heavy atom. The summed E-state index contributed by atoms with van der Waals surface area (Å²) in [6, 6.07) is 5.64. The highest BCUT2D eigenvalue weighted by Crippen LogP contribution is 2.24. The minimum Gasteiger partial charge on any atom is -0.269 e. The molecule has 0 spiro atoms. The minimum atomic E-state index is 0.694. The molecule has 1 radical (unpaired) electrons.